The summed E-state index contributed by atoms with van der Waals surface area (Å²) >= 11 is 0. The lowest BCUT2D eigenvalue weighted by Crippen LogP contribution is -2.37. The van der Waals surface area contributed by atoms with Crippen LogP contribution in [0, 0.1) is 12.7 Å². The second-order valence-electron chi connectivity index (χ2n) is 9.13. The van der Waals surface area contributed by atoms with E-state index in [4.69, 9.17) is 19.3 Å². The molecule has 1 saturated carbocycles. The number of ether oxygens (including phenoxy) is 3. The first-order chi connectivity index (χ1) is 17.2. The third-order valence-electron chi connectivity index (χ3n) is 6.41. The summed E-state index contributed by atoms with van der Waals surface area (Å²) in [6.45, 7) is 2.97. The van der Waals surface area contributed by atoms with E-state index in [0.717, 1.165) is 18.9 Å². The van der Waals surface area contributed by atoms with Crippen molar-refractivity contribution in [3.05, 3.63) is 53.1 Å². The first kappa shape index (κ1) is 26.0. The third-order valence-corrected chi connectivity index (χ3v) is 6.41. The van der Waals surface area contributed by atoms with Crippen molar-refractivity contribution in [2.75, 3.05) is 32.2 Å². The van der Waals surface area contributed by atoms with E-state index in [1.807, 2.05) is 0 Å². The highest BCUT2D eigenvalue weighted by atomic mass is 19.3. The summed E-state index contributed by atoms with van der Waals surface area (Å²) in [5.74, 6) is -2.94. The van der Waals surface area contributed by atoms with Crippen LogP contribution in [-0.4, -0.2) is 47.6 Å². The van der Waals surface area contributed by atoms with Gasteiger partial charge in [-0.2, -0.15) is 8.78 Å². The van der Waals surface area contributed by atoms with Crippen LogP contribution in [0.2, 0.25) is 0 Å². The first-order valence-corrected chi connectivity index (χ1v) is 11.8. The average Bonchev–Trinajstić information content (AvgIpc) is 2.84. The van der Waals surface area contributed by atoms with Crippen LogP contribution < -0.4 is 14.8 Å². The summed E-state index contributed by atoms with van der Waals surface area (Å²) in [6, 6.07) is 7.14. The largest absolute Gasteiger partial charge is 0.493 e. The number of rotatable bonds is 11. The van der Waals surface area contributed by atoms with Gasteiger partial charge in [0.2, 0.25) is 0 Å². The molecule has 1 fully saturated rings. The number of aliphatic hydroxyl groups is 1. The molecule has 0 atom stereocenters. The van der Waals surface area contributed by atoms with Gasteiger partial charge in [0.05, 0.1) is 30.4 Å². The molecule has 1 aromatic heterocycles. The zero-order valence-electron chi connectivity index (χ0n) is 20.5. The smallest absolute Gasteiger partial charge is 0.298 e. The van der Waals surface area contributed by atoms with E-state index in [1.165, 1.54) is 25.7 Å². The van der Waals surface area contributed by atoms with Gasteiger partial charge in [0.25, 0.3) is 5.92 Å². The molecule has 1 heterocycles. The lowest BCUT2D eigenvalue weighted by Gasteiger charge is -2.38. The Bertz CT molecular complexity index is 1230. The fourth-order valence-electron chi connectivity index (χ4n) is 4.18. The van der Waals surface area contributed by atoms with Gasteiger partial charge in [0.1, 0.15) is 30.7 Å². The standard InChI is InChI=1S/C26H30F3N3O4/c1-16-31-20-13-21(34-3)22(35-10-11-36-25(2)8-5-9-25)12-18(20)24(32-16)30-14-17-6-4-7-19(23(17)27)26(28,29)15-33/h4,6-7,12-13,33H,5,8-11,14-15H2,1-3H3,(H,30,31,32). The number of anilines is 1. The SMILES string of the molecule is COc1cc2nc(C)nc(NCc3cccc(C(F)(F)CO)c3F)c2cc1OCCOC1(C)CCC1. The van der Waals surface area contributed by atoms with Crippen molar-refractivity contribution in [1.82, 2.24) is 9.97 Å². The van der Waals surface area contributed by atoms with E-state index in [9.17, 15) is 13.2 Å². The van der Waals surface area contributed by atoms with Crippen LogP contribution >= 0.6 is 0 Å². The number of alkyl halides is 2. The molecule has 2 aromatic carbocycles. The van der Waals surface area contributed by atoms with Gasteiger partial charge >= 0.3 is 0 Å². The summed E-state index contributed by atoms with van der Waals surface area (Å²) in [4.78, 5) is 8.87. The lowest BCUT2D eigenvalue weighted by molar-refractivity contribution is -0.0922. The number of hydrogen-bond acceptors (Lipinski definition) is 7. The van der Waals surface area contributed by atoms with E-state index in [-0.39, 0.29) is 17.7 Å². The molecule has 10 heteroatoms. The van der Waals surface area contributed by atoms with Crippen molar-refractivity contribution in [3.63, 3.8) is 0 Å². The summed E-state index contributed by atoms with van der Waals surface area (Å²) in [5.41, 5.74) is -0.343. The number of hydrogen-bond donors (Lipinski definition) is 2. The number of nitrogens with one attached hydrogen (secondary N) is 1. The fraction of sp³-hybridized carbons (Fsp3) is 0.462. The fourth-order valence-corrected chi connectivity index (χ4v) is 4.18. The second-order valence-corrected chi connectivity index (χ2v) is 9.13. The number of halogens is 3. The summed E-state index contributed by atoms with van der Waals surface area (Å²) in [6.07, 6.45) is 3.25. The van der Waals surface area contributed by atoms with Gasteiger partial charge in [-0.15, -0.1) is 0 Å². The molecule has 4 rings (SSSR count). The van der Waals surface area contributed by atoms with Crippen molar-refractivity contribution in [1.29, 1.82) is 0 Å². The maximum absolute atomic E-state index is 14.8. The molecule has 0 spiro atoms. The molecule has 7 nitrogen and oxygen atoms in total. The number of benzene rings is 2. The Labute approximate surface area is 207 Å². The quantitative estimate of drug-likeness (QED) is 0.350. The van der Waals surface area contributed by atoms with Gasteiger partial charge in [-0.3, -0.25) is 0 Å². The van der Waals surface area contributed by atoms with E-state index < -0.39 is 23.9 Å². The summed E-state index contributed by atoms with van der Waals surface area (Å²) in [5, 5.41) is 12.6. The van der Waals surface area contributed by atoms with Crippen molar-refractivity contribution < 1.29 is 32.5 Å². The Balaban J connectivity index is 1.56. The monoisotopic (exact) mass is 505 g/mol. The number of aryl methyl sites for hydroxylation is 1. The van der Waals surface area contributed by atoms with Crippen molar-refractivity contribution in [2.45, 2.75) is 51.2 Å². The molecule has 0 aliphatic heterocycles. The van der Waals surface area contributed by atoms with Crippen molar-refractivity contribution in [3.8, 4) is 11.5 Å². The van der Waals surface area contributed by atoms with E-state index in [1.54, 1.807) is 19.1 Å². The Morgan fingerprint density at radius 1 is 1.14 bits per heavy atom. The van der Waals surface area contributed by atoms with Gasteiger partial charge in [-0.05, 0) is 45.2 Å². The van der Waals surface area contributed by atoms with E-state index >= 15 is 0 Å². The minimum Gasteiger partial charge on any atom is -0.493 e. The van der Waals surface area contributed by atoms with Crippen LogP contribution in [0.15, 0.2) is 30.3 Å². The van der Waals surface area contributed by atoms with Gasteiger partial charge in [0, 0.05) is 23.6 Å². The molecule has 0 amide bonds. The van der Waals surface area contributed by atoms with Crippen molar-refractivity contribution >= 4 is 16.7 Å². The van der Waals surface area contributed by atoms with Gasteiger partial charge in [0.15, 0.2) is 11.5 Å². The average molecular weight is 506 g/mol. The molecular weight excluding hydrogens is 475 g/mol. The molecule has 1 aliphatic carbocycles. The number of methoxy groups -OCH3 is 1. The maximum atomic E-state index is 14.8. The Morgan fingerprint density at radius 3 is 2.58 bits per heavy atom. The highest BCUT2D eigenvalue weighted by Gasteiger charge is 2.34. The molecule has 1 aliphatic rings. The van der Waals surface area contributed by atoms with Crippen LogP contribution in [-0.2, 0) is 17.2 Å². The summed E-state index contributed by atoms with van der Waals surface area (Å²) in [7, 11) is 1.53. The molecular formula is C26H30F3N3O4. The van der Waals surface area contributed by atoms with Gasteiger partial charge in [-0.25, -0.2) is 14.4 Å². The molecule has 0 unspecified atom stereocenters. The van der Waals surface area contributed by atoms with Crippen LogP contribution in [0.5, 0.6) is 11.5 Å². The molecule has 0 saturated heterocycles. The lowest BCUT2D eigenvalue weighted by atomic mass is 9.82. The van der Waals surface area contributed by atoms with Crippen LogP contribution in [0.25, 0.3) is 10.9 Å². The van der Waals surface area contributed by atoms with Crippen LogP contribution in [0.1, 0.15) is 43.1 Å². The third kappa shape index (κ3) is 5.49. The zero-order chi connectivity index (χ0) is 25.9. The van der Waals surface area contributed by atoms with E-state index in [0.29, 0.717) is 47.3 Å². The Hall–Kier alpha value is -3.11. The van der Waals surface area contributed by atoms with Crippen LogP contribution in [0.4, 0.5) is 19.0 Å². The topological polar surface area (TPSA) is 85.7 Å². The van der Waals surface area contributed by atoms with Crippen LogP contribution in [0.3, 0.4) is 0 Å². The van der Waals surface area contributed by atoms with E-state index in [2.05, 4.69) is 22.2 Å². The Kier molecular flexibility index (Phi) is 7.56. The highest BCUT2D eigenvalue weighted by Crippen LogP contribution is 2.36. The van der Waals surface area contributed by atoms with Gasteiger partial charge in [-0.1, -0.05) is 12.1 Å². The maximum Gasteiger partial charge on any atom is 0.298 e. The number of nitrogens with zero attached hydrogens (tertiary/aromatic N) is 2. The second kappa shape index (κ2) is 10.5. The zero-order valence-corrected chi connectivity index (χ0v) is 20.5. The minimum atomic E-state index is -3.68. The number of aliphatic hydroxyl groups excluding tert-OH is 1. The highest BCUT2D eigenvalue weighted by molar-refractivity contribution is 5.91. The van der Waals surface area contributed by atoms with Gasteiger partial charge < -0.3 is 24.6 Å². The first-order valence-electron chi connectivity index (χ1n) is 11.8. The molecule has 3 aromatic rings. The normalized spacial score (nSPS) is 15.0. The molecule has 2 N–H and O–H groups in total. The predicted octanol–water partition coefficient (Wildman–Crippen LogP) is 5.12. The molecule has 0 radical (unpaired) electrons. The Morgan fingerprint density at radius 2 is 1.92 bits per heavy atom. The number of fused-ring (bicyclic) bond motifs is 1. The predicted molar refractivity (Wildman–Crippen MR) is 129 cm³/mol. The molecule has 36 heavy (non-hydrogen) atoms. The number of aromatic nitrogens is 2. The summed E-state index contributed by atoms with van der Waals surface area (Å²) < 4.78 is 60.0. The minimum absolute atomic E-state index is 0.0108. The molecule has 0 bridgehead atoms. The van der Waals surface area contributed by atoms with Crippen molar-refractivity contribution in [2.24, 2.45) is 0 Å². The molecule has 194 valence electrons.